The predicted molar refractivity (Wildman–Crippen MR) is 66.6 cm³/mol. The summed E-state index contributed by atoms with van der Waals surface area (Å²) in [6.45, 7) is 0. The third-order valence-electron chi connectivity index (χ3n) is 2.88. The summed E-state index contributed by atoms with van der Waals surface area (Å²) in [5.74, 6) is 0.887. The summed E-state index contributed by atoms with van der Waals surface area (Å²) in [6.07, 6.45) is 5.29. The van der Waals surface area contributed by atoms with Crippen LogP contribution in [0.4, 0.5) is 5.69 Å². The van der Waals surface area contributed by atoms with E-state index in [2.05, 4.69) is 27.3 Å². The summed E-state index contributed by atoms with van der Waals surface area (Å²) >= 11 is 3.45. The first-order chi connectivity index (χ1) is 7.29. The normalized spacial score (nSPS) is 16.7. The second kappa shape index (κ2) is 4.88. The predicted octanol–water partition coefficient (Wildman–Crippen LogP) is 3.81. The first-order valence-corrected chi connectivity index (χ1v) is 6.19. The van der Waals surface area contributed by atoms with Crippen molar-refractivity contribution in [2.24, 2.45) is 0 Å². The zero-order valence-corrected chi connectivity index (χ0v) is 10.5. The van der Waals surface area contributed by atoms with E-state index in [4.69, 9.17) is 4.74 Å². The van der Waals surface area contributed by atoms with E-state index in [9.17, 15) is 0 Å². The molecule has 1 aliphatic carbocycles. The average molecular weight is 270 g/mol. The number of hydrogen-bond donors (Lipinski definition) is 1. The minimum atomic E-state index is 0.649. The monoisotopic (exact) mass is 269 g/mol. The number of halogens is 1. The summed E-state index contributed by atoms with van der Waals surface area (Å²) in [5, 5.41) is 3.54. The Morgan fingerprint density at radius 1 is 1.33 bits per heavy atom. The van der Waals surface area contributed by atoms with Gasteiger partial charge in [-0.15, -0.1) is 0 Å². The Labute approximate surface area is 99.1 Å². The molecule has 2 rings (SSSR count). The minimum Gasteiger partial charge on any atom is -0.495 e. The SMILES string of the molecule is COc1cc(NC2CCCC2)ccc1Br. The highest BCUT2D eigenvalue weighted by molar-refractivity contribution is 9.10. The molecule has 1 N–H and O–H groups in total. The van der Waals surface area contributed by atoms with Gasteiger partial charge in [-0.3, -0.25) is 0 Å². The zero-order chi connectivity index (χ0) is 10.7. The van der Waals surface area contributed by atoms with Gasteiger partial charge in [-0.25, -0.2) is 0 Å². The number of ether oxygens (including phenoxy) is 1. The fourth-order valence-corrected chi connectivity index (χ4v) is 2.46. The van der Waals surface area contributed by atoms with Crippen LogP contribution in [0.3, 0.4) is 0 Å². The van der Waals surface area contributed by atoms with Gasteiger partial charge in [0.2, 0.25) is 0 Å². The molecular formula is C12H16BrNO. The maximum absolute atomic E-state index is 5.26. The molecule has 0 spiro atoms. The molecule has 1 aliphatic rings. The molecule has 0 radical (unpaired) electrons. The highest BCUT2D eigenvalue weighted by Crippen LogP contribution is 2.29. The van der Waals surface area contributed by atoms with Gasteiger partial charge in [-0.05, 0) is 40.9 Å². The van der Waals surface area contributed by atoms with Crippen LogP contribution in [-0.2, 0) is 0 Å². The molecule has 1 aromatic rings. The van der Waals surface area contributed by atoms with E-state index in [0.717, 1.165) is 15.9 Å². The van der Waals surface area contributed by atoms with Crippen LogP contribution >= 0.6 is 15.9 Å². The fraction of sp³-hybridized carbons (Fsp3) is 0.500. The average Bonchev–Trinajstić information content (AvgIpc) is 2.73. The Bertz CT molecular complexity index is 334. The van der Waals surface area contributed by atoms with E-state index >= 15 is 0 Å². The molecule has 1 fully saturated rings. The lowest BCUT2D eigenvalue weighted by Crippen LogP contribution is -2.14. The van der Waals surface area contributed by atoms with E-state index < -0.39 is 0 Å². The maximum Gasteiger partial charge on any atom is 0.135 e. The summed E-state index contributed by atoms with van der Waals surface area (Å²) in [5.41, 5.74) is 1.15. The highest BCUT2D eigenvalue weighted by Gasteiger charge is 2.14. The fourth-order valence-electron chi connectivity index (χ4n) is 2.06. The van der Waals surface area contributed by atoms with Crippen molar-refractivity contribution >= 4 is 21.6 Å². The number of methoxy groups -OCH3 is 1. The quantitative estimate of drug-likeness (QED) is 0.901. The topological polar surface area (TPSA) is 21.3 Å². The van der Waals surface area contributed by atoms with Gasteiger partial charge in [-0.1, -0.05) is 12.8 Å². The largest absolute Gasteiger partial charge is 0.495 e. The maximum atomic E-state index is 5.26. The Balaban J connectivity index is 2.07. The lowest BCUT2D eigenvalue weighted by molar-refractivity contribution is 0.412. The molecule has 3 heteroatoms. The molecule has 0 heterocycles. The Morgan fingerprint density at radius 2 is 2.07 bits per heavy atom. The van der Waals surface area contributed by atoms with Crippen molar-refractivity contribution in [1.82, 2.24) is 0 Å². The Hall–Kier alpha value is -0.700. The second-order valence-electron chi connectivity index (χ2n) is 3.98. The van der Waals surface area contributed by atoms with Crippen LogP contribution in [0, 0.1) is 0 Å². The standard InChI is InChI=1S/C12H16BrNO/c1-15-12-8-10(6-7-11(12)13)14-9-4-2-3-5-9/h6-9,14H,2-5H2,1H3. The molecule has 1 aromatic carbocycles. The van der Waals surface area contributed by atoms with Crippen molar-refractivity contribution < 1.29 is 4.74 Å². The first kappa shape index (κ1) is 10.8. The second-order valence-corrected chi connectivity index (χ2v) is 4.83. The summed E-state index contributed by atoms with van der Waals surface area (Å²) in [7, 11) is 1.69. The summed E-state index contributed by atoms with van der Waals surface area (Å²) in [6, 6.07) is 6.81. The van der Waals surface area contributed by atoms with Crippen molar-refractivity contribution in [3.8, 4) is 5.75 Å². The third-order valence-corrected chi connectivity index (χ3v) is 3.53. The zero-order valence-electron chi connectivity index (χ0n) is 8.92. The van der Waals surface area contributed by atoms with Gasteiger partial charge < -0.3 is 10.1 Å². The summed E-state index contributed by atoms with van der Waals surface area (Å²) < 4.78 is 6.27. The van der Waals surface area contributed by atoms with Gasteiger partial charge in [-0.2, -0.15) is 0 Å². The number of nitrogens with one attached hydrogen (secondary N) is 1. The van der Waals surface area contributed by atoms with Gasteiger partial charge in [0.25, 0.3) is 0 Å². The van der Waals surface area contributed by atoms with Crippen molar-refractivity contribution in [2.75, 3.05) is 12.4 Å². The van der Waals surface area contributed by atoms with Gasteiger partial charge >= 0.3 is 0 Å². The van der Waals surface area contributed by atoms with Crippen LogP contribution in [0.25, 0.3) is 0 Å². The molecule has 0 unspecified atom stereocenters. The molecule has 82 valence electrons. The number of hydrogen-bond acceptors (Lipinski definition) is 2. The van der Waals surface area contributed by atoms with Crippen LogP contribution in [-0.4, -0.2) is 13.2 Å². The van der Waals surface area contributed by atoms with Crippen molar-refractivity contribution in [1.29, 1.82) is 0 Å². The molecule has 15 heavy (non-hydrogen) atoms. The molecule has 1 saturated carbocycles. The minimum absolute atomic E-state index is 0.649. The molecule has 0 aromatic heterocycles. The van der Waals surface area contributed by atoms with Crippen LogP contribution < -0.4 is 10.1 Å². The van der Waals surface area contributed by atoms with E-state index in [0.29, 0.717) is 6.04 Å². The molecule has 2 nitrogen and oxygen atoms in total. The molecule has 0 atom stereocenters. The van der Waals surface area contributed by atoms with Crippen LogP contribution in [0.15, 0.2) is 22.7 Å². The summed E-state index contributed by atoms with van der Waals surface area (Å²) in [4.78, 5) is 0. The van der Waals surface area contributed by atoms with Gasteiger partial charge in [0.15, 0.2) is 0 Å². The molecule has 0 saturated heterocycles. The molecular weight excluding hydrogens is 254 g/mol. The van der Waals surface area contributed by atoms with Crippen molar-refractivity contribution in [2.45, 2.75) is 31.7 Å². The van der Waals surface area contributed by atoms with Crippen molar-refractivity contribution in [3.63, 3.8) is 0 Å². The lowest BCUT2D eigenvalue weighted by Gasteiger charge is -2.14. The number of anilines is 1. The van der Waals surface area contributed by atoms with Crippen LogP contribution in [0.2, 0.25) is 0 Å². The van der Waals surface area contributed by atoms with E-state index in [1.165, 1.54) is 25.7 Å². The van der Waals surface area contributed by atoms with E-state index in [1.807, 2.05) is 12.1 Å². The number of rotatable bonds is 3. The van der Waals surface area contributed by atoms with E-state index in [-0.39, 0.29) is 0 Å². The number of benzene rings is 1. The molecule has 0 aliphatic heterocycles. The Kier molecular flexibility index (Phi) is 3.52. The first-order valence-electron chi connectivity index (χ1n) is 5.39. The highest BCUT2D eigenvalue weighted by atomic mass is 79.9. The lowest BCUT2D eigenvalue weighted by atomic mass is 10.2. The van der Waals surface area contributed by atoms with E-state index in [1.54, 1.807) is 7.11 Å². The smallest absolute Gasteiger partial charge is 0.135 e. The van der Waals surface area contributed by atoms with Gasteiger partial charge in [0, 0.05) is 17.8 Å². The van der Waals surface area contributed by atoms with Crippen LogP contribution in [0.1, 0.15) is 25.7 Å². The van der Waals surface area contributed by atoms with Crippen LogP contribution in [0.5, 0.6) is 5.75 Å². The molecule has 0 bridgehead atoms. The van der Waals surface area contributed by atoms with Crippen molar-refractivity contribution in [3.05, 3.63) is 22.7 Å². The van der Waals surface area contributed by atoms with Gasteiger partial charge in [0.05, 0.1) is 11.6 Å². The Morgan fingerprint density at radius 3 is 2.73 bits per heavy atom. The third kappa shape index (κ3) is 2.65. The molecule has 0 amide bonds. The van der Waals surface area contributed by atoms with Gasteiger partial charge in [0.1, 0.15) is 5.75 Å².